The summed E-state index contributed by atoms with van der Waals surface area (Å²) in [7, 11) is 0. The number of hydrogen-bond acceptors (Lipinski definition) is 3. The summed E-state index contributed by atoms with van der Waals surface area (Å²) in [5, 5.41) is 9.87. The molecule has 104 valence electrons. The molecule has 0 aliphatic carbocycles. The van der Waals surface area contributed by atoms with Crippen LogP contribution in [0.15, 0.2) is 35.1 Å². The molecule has 1 amide bonds. The minimum absolute atomic E-state index is 0.0381. The quantitative estimate of drug-likeness (QED) is 0.860. The number of hydrogen-bond donors (Lipinski definition) is 2. The van der Waals surface area contributed by atoms with Crippen LogP contribution >= 0.6 is 0 Å². The third kappa shape index (κ3) is 2.10. The molecule has 2 N–H and O–H groups in total. The van der Waals surface area contributed by atoms with Gasteiger partial charge < -0.3 is 15.0 Å². The highest BCUT2D eigenvalue weighted by molar-refractivity contribution is 5.95. The molecule has 1 aromatic heterocycles. The summed E-state index contributed by atoms with van der Waals surface area (Å²) in [6.07, 6.45) is 1.69. The fourth-order valence-corrected chi connectivity index (χ4v) is 2.76. The van der Waals surface area contributed by atoms with E-state index in [0.29, 0.717) is 17.4 Å². The predicted molar refractivity (Wildman–Crippen MR) is 75.7 cm³/mol. The summed E-state index contributed by atoms with van der Waals surface area (Å²) in [5.74, 6) is -0.218. The SMILES string of the molecule is O=C(c1cc(=O)c2ccccc2[nH]1)N1CCC[C@H]1CO. The van der Waals surface area contributed by atoms with Crippen LogP contribution in [0.5, 0.6) is 0 Å². The van der Waals surface area contributed by atoms with Crippen LogP contribution < -0.4 is 5.43 Å². The number of carbonyl (C=O) groups is 1. The number of fused-ring (bicyclic) bond motifs is 1. The van der Waals surface area contributed by atoms with Crippen LogP contribution in [0, 0.1) is 0 Å². The monoisotopic (exact) mass is 272 g/mol. The molecular formula is C15H16N2O3. The zero-order valence-electron chi connectivity index (χ0n) is 11.0. The van der Waals surface area contributed by atoms with E-state index < -0.39 is 0 Å². The average Bonchev–Trinajstić information content (AvgIpc) is 2.95. The molecule has 2 heterocycles. The number of aliphatic hydroxyl groups excluding tert-OH is 1. The fourth-order valence-electron chi connectivity index (χ4n) is 2.76. The summed E-state index contributed by atoms with van der Waals surface area (Å²) in [6, 6.07) is 8.32. The van der Waals surface area contributed by atoms with Gasteiger partial charge >= 0.3 is 0 Å². The smallest absolute Gasteiger partial charge is 0.270 e. The van der Waals surface area contributed by atoms with Gasteiger partial charge in [-0.25, -0.2) is 0 Å². The van der Waals surface area contributed by atoms with Gasteiger partial charge in [-0.15, -0.1) is 0 Å². The number of likely N-dealkylation sites (tertiary alicyclic amines) is 1. The maximum atomic E-state index is 12.5. The normalized spacial score (nSPS) is 18.6. The van der Waals surface area contributed by atoms with Crippen LogP contribution in [0.25, 0.3) is 10.9 Å². The van der Waals surface area contributed by atoms with Crippen molar-refractivity contribution in [1.29, 1.82) is 0 Å². The van der Waals surface area contributed by atoms with Crippen molar-refractivity contribution in [2.45, 2.75) is 18.9 Å². The van der Waals surface area contributed by atoms with Gasteiger partial charge in [0.15, 0.2) is 5.43 Å². The van der Waals surface area contributed by atoms with Crippen LogP contribution in [0.1, 0.15) is 23.3 Å². The Morgan fingerprint density at radius 1 is 1.40 bits per heavy atom. The van der Waals surface area contributed by atoms with Crippen molar-refractivity contribution in [3.8, 4) is 0 Å². The molecule has 0 spiro atoms. The number of nitrogens with zero attached hydrogens (tertiary/aromatic N) is 1. The van der Waals surface area contributed by atoms with Gasteiger partial charge in [0.25, 0.3) is 5.91 Å². The molecule has 1 atom stereocenters. The first-order valence-electron chi connectivity index (χ1n) is 6.74. The van der Waals surface area contributed by atoms with Gasteiger partial charge in [0, 0.05) is 23.5 Å². The highest BCUT2D eigenvalue weighted by atomic mass is 16.3. The van der Waals surface area contributed by atoms with Crippen molar-refractivity contribution in [1.82, 2.24) is 9.88 Å². The molecular weight excluding hydrogens is 256 g/mol. The first kappa shape index (κ1) is 12.9. The molecule has 1 saturated heterocycles. The van der Waals surface area contributed by atoms with Crippen LogP contribution in [0.2, 0.25) is 0 Å². The Morgan fingerprint density at radius 3 is 3.00 bits per heavy atom. The van der Waals surface area contributed by atoms with Gasteiger partial charge in [0.2, 0.25) is 0 Å². The average molecular weight is 272 g/mol. The van der Waals surface area contributed by atoms with Crippen molar-refractivity contribution in [2.24, 2.45) is 0 Å². The van der Waals surface area contributed by atoms with E-state index in [9.17, 15) is 14.7 Å². The minimum Gasteiger partial charge on any atom is -0.394 e. The molecule has 1 fully saturated rings. The van der Waals surface area contributed by atoms with E-state index in [1.807, 2.05) is 6.07 Å². The Hall–Kier alpha value is -2.14. The molecule has 5 heteroatoms. The van der Waals surface area contributed by atoms with E-state index in [2.05, 4.69) is 4.98 Å². The van der Waals surface area contributed by atoms with Gasteiger partial charge in [-0.05, 0) is 25.0 Å². The third-order valence-electron chi connectivity index (χ3n) is 3.82. The lowest BCUT2D eigenvalue weighted by molar-refractivity contribution is 0.0672. The molecule has 1 aliphatic heterocycles. The minimum atomic E-state index is -0.218. The van der Waals surface area contributed by atoms with Crippen LogP contribution in [-0.4, -0.2) is 40.1 Å². The molecule has 3 rings (SSSR count). The lowest BCUT2D eigenvalue weighted by Gasteiger charge is -2.22. The molecule has 2 aromatic rings. The molecule has 5 nitrogen and oxygen atoms in total. The first-order valence-corrected chi connectivity index (χ1v) is 6.74. The van der Waals surface area contributed by atoms with E-state index in [1.54, 1.807) is 23.1 Å². The number of nitrogens with one attached hydrogen (secondary N) is 1. The number of rotatable bonds is 2. The molecule has 0 unspecified atom stereocenters. The Kier molecular flexibility index (Phi) is 3.28. The van der Waals surface area contributed by atoms with Gasteiger partial charge in [-0.2, -0.15) is 0 Å². The van der Waals surface area contributed by atoms with Gasteiger partial charge in [-0.1, -0.05) is 12.1 Å². The molecule has 20 heavy (non-hydrogen) atoms. The number of aromatic nitrogens is 1. The standard InChI is InChI=1S/C15H16N2O3/c18-9-10-4-3-7-17(10)15(20)13-8-14(19)11-5-1-2-6-12(11)16-13/h1-2,5-6,8,10,18H,3-4,7,9H2,(H,16,19)/t10-/m0/s1. The second-order valence-electron chi connectivity index (χ2n) is 5.07. The number of pyridine rings is 1. The number of amides is 1. The van der Waals surface area contributed by atoms with E-state index in [0.717, 1.165) is 12.8 Å². The fraction of sp³-hybridized carbons (Fsp3) is 0.333. The van der Waals surface area contributed by atoms with Gasteiger partial charge in [-0.3, -0.25) is 9.59 Å². The van der Waals surface area contributed by atoms with Gasteiger partial charge in [0.05, 0.1) is 12.6 Å². The highest BCUT2D eigenvalue weighted by Gasteiger charge is 2.29. The van der Waals surface area contributed by atoms with Crippen LogP contribution in [0.3, 0.4) is 0 Å². The lowest BCUT2D eigenvalue weighted by atomic mass is 10.2. The summed E-state index contributed by atoms with van der Waals surface area (Å²) in [4.78, 5) is 29.1. The second-order valence-corrected chi connectivity index (χ2v) is 5.07. The zero-order valence-corrected chi connectivity index (χ0v) is 11.0. The second kappa shape index (κ2) is 5.09. The maximum absolute atomic E-state index is 12.5. The van der Waals surface area contributed by atoms with Crippen molar-refractivity contribution in [2.75, 3.05) is 13.2 Å². The first-order chi connectivity index (χ1) is 9.70. The Labute approximate surface area is 115 Å². The predicted octanol–water partition coefficient (Wildman–Crippen LogP) is 1.12. The Morgan fingerprint density at radius 2 is 2.20 bits per heavy atom. The number of aliphatic hydroxyl groups is 1. The summed E-state index contributed by atoms with van der Waals surface area (Å²) in [6.45, 7) is 0.586. The molecule has 0 radical (unpaired) electrons. The Bertz CT molecular complexity index is 708. The van der Waals surface area contributed by atoms with Crippen molar-refractivity contribution in [3.05, 3.63) is 46.2 Å². The lowest BCUT2D eigenvalue weighted by Crippen LogP contribution is -2.38. The van der Waals surface area contributed by atoms with Crippen molar-refractivity contribution >= 4 is 16.8 Å². The van der Waals surface area contributed by atoms with Crippen LogP contribution in [-0.2, 0) is 0 Å². The number of benzene rings is 1. The summed E-state index contributed by atoms with van der Waals surface area (Å²) in [5.41, 5.74) is 0.777. The maximum Gasteiger partial charge on any atom is 0.270 e. The summed E-state index contributed by atoms with van der Waals surface area (Å²) >= 11 is 0. The van der Waals surface area contributed by atoms with E-state index in [1.165, 1.54) is 6.07 Å². The highest BCUT2D eigenvalue weighted by Crippen LogP contribution is 2.19. The largest absolute Gasteiger partial charge is 0.394 e. The van der Waals surface area contributed by atoms with Crippen LogP contribution in [0.4, 0.5) is 0 Å². The topological polar surface area (TPSA) is 73.4 Å². The molecule has 0 saturated carbocycles. The van der Waals surface area contributed by atoms with E-state index >= 15 is 0 Å². The summed E-state index contributed by atoms with van der Waals surface area (Å²) < 4.78 is 0. The number of H-pyrrole nitrogens is 1. The molecule has 0 bridgehead atoms. The third-order valence-corrected chi connectivity index (χ3v) is 3.82. The zero-order chi connectivity index (χ0) is 14.1. The van der Waals surface area contributed by atoms with Crippen molar-refractivity contribution < 1.29 is 9.90 Å². The van der Waals surface area contributed by atoms with Gasteiger partial charge in [0.1, 0.15) is 5.69 Å². The Balaban J connectivity index is 2.02. The molecule has 1 aromatic carbocycles. The number of aromatic amines is 1. The van der Waals surface area contributed by atoms with E-state index in [-0.39, 0.29) is 29.7 Å². The van der Waals surface area contributed by atoms with Crippen molar-refractivity contribution in [3.63, 3.8) is 0 Å². The van der Waals surface area contributed by atoms with E-state index in [4.69, 9.17) is 0 Å². The molecule has 1 aliphatic rings. The number of carbonyl (C=O) groups excluding carboxylic acids is 1. The number of para-hydroxylation sites is 1.